The second-order valence-electron chi connectivity index (χ2n) is 4.25. The lowest BCUT2D eigenvalue weighted by Gasteiger charge is -2.27. The summed E-state index contributed by atoms with van der Waals surface area (Å²) in [6, 6.07) is 6.32. The number of aryl methyl sites for hydroxylation is 2. The van der Waals surface area contributed by atoms with Gasteiger partial charge in [0.1, 0.15) is 6.10 Å². The quantitative estimate of drug-likeness (QED) is 0.740. The van der Waals surface area contributed by atoms with Crippen LogP contribution in [-0.2, 0) is 9.47 Å². The number of benzene rings is 1. The molecular weight excluding hydrogens is 224 g/mol. The molecular formula is C13H17ClO2. The van der Waals surface area contributed by atoms with E-state index in [1.165, 1.54) is 11.1 Å². The van der Waals surface area contributed by atoms with Crippen molar-refractivity contribution in [2.75, 3.05) is 19.8 Å². The number of alkyl halides is 1. The third kappa shape index (κ3) is 2.57. The summed E-state index contributed by atoms with van der Waals surface area (Å²) in [5, 5.41) is -0.124. The number of rotatable bonds is 2. The molecule has 0 aliphatic carbocycles. The Kier molecular flexibility index (Phi) is 3.85. The van der Waals surface area contributed by atoms with E-state index in [0.717, 1.165) is 5.56 Å². The van der Waals surface area contributed by atoms with Crippen LogP contribution in [0.2, 0.25) is 0 Å². The van der Waals surface area contributed by atoms with Gasteiger partial charge >= 0.3 is 0 Å². The third-order valence-electron chi connectivity index (χ3n) is 2.89. The predicted molar refractivity (Wildman–Crippen MR) is 65.1 cm³/mol. The minimum Gasteiger partial charge on any atom is -0.376 e. The van der Waals surface area contributed by atoms with Crippen LogP contribution in [0.5, 0.6) is 0 Å². The fourth-order valence-electron chi connectivity index (χ4n) is 2.01. The first-order chi connectivity index (χ1) is 7.68. The van der Waals surface area contributed by atoms with Gasteiger partial charge in [-0.15, -0.1) is 11.6 Å². The third-order valence-corrected chi connectivity index (χ3v) is 3.41. The summed E-state index contributed by atoms with van der Waals surface area (Å²) in [5.74, 6) is 0. The van der Waals surface area contributed by atoms with Crippen molar-refractivity contribution in [3.05, 3.63) is 34.9 Å². The van der Waals surface area contributed by atoms with Crippen LogP contribution in [-0.4, -0.2) is 25.9 Å². The summed E-state index contributed by atoms with van der Waals surface area (Å²) >= 11 is 6.44. The molecule has 2 unspecified atom stereocenters. The summed E-state index contributed by atoms with van der Waals surface area (Å²) in [5.41, 5.74) is 3.61. The lowest BCUT2D eigenvalue weighted by atomic mass is 10.00. The molecule has 2 atom stereocenters. The Morgan fingerprint density at radius 3 is 2.75 bits per heavy atom. The van der Waals surface area contributed by atoms with Crippen LogP contribution in [0.25, 0.3) is 0 Å². The highest BCUT2D eigenvalue weighted by atomic mass is 35.5. The van der Waals surface area contributed by atoms with Crippen LogP contribution in [0.3, 0.4) is 0 Å². The summed E-state index contributed by atoms with van der Waals surface area (Å²) in [4.78, 5) is 0. The lowest BCUT2D eigenvalue weighted by molar-refractivity contribution is -0.0892. The van der Waals surface area contributed by atoms with E-state index in [4.69, 9.17) is 21.1 Å². The predicted octanol–water partition coefficient (Wildman–Crippen LogP) is 3.00. The van der Waals surface area contributed by atoms with Crippen LogP contribution in [0.1, 0.15) is 22.1 Å². The molecule has 1 aliphatic heterocycles. The second kappa shape index (κ2) is 5.17. The van der Waals surface area contributed by atoms with Gasteiger partial charge in [-0.3, -0.25) is 0 Å². The molecule has 1 aromatic carbocycles. The molecule has 1 aromatic rings. The largest absolute Gasteiger partial charge is 0.376 e. The first-order valence-electron chi connectivity index (χ1n) is 5.59. The second-order valence-corrected chi connectivity index (χ2v) is 4.72. The summed E-state index contributed by atoms with van der Waals surface area (Å²) < 4.78 is 11.0. The van der Waals surface area contributed by atoms with Crippen LogP contribution >= 0.6 is 11.6 Å². The van der Waals surface area contributed by atoms with Gasteiger partial charge < -0.3 is 9.47 Å². The van der Waals surface area contributed by atoms with Crippen molar-refractivity contribution in [2.24, 2.45) is 0 Å². The number of ether oxygens (including phenoxy) is 2. The summed E-state index contributed by atoms with van der Waals surface area (Å²) in [6.45, 7) is 6.06. The fraction of sp³-hybridized carbons (Fsp3) is 0.538. The van der Waals surface area contributed by atoms with Crippen LogP contribution in [0.15, 0.2) is 18.2 Å². The topological polar surface area (TPSA) is 18.5 Å². The van der Waals surface area contributed by atoms with Gasteiger partial charge in [0.15, 0.2) is 0 Å². The molecule has 16 heavy (non-hydrogen) atoms. The van der Waals surface area contributed by atoms with E-state index in [-0.39, 0.29) is 11.5 Å². The highest BCUT2D eigenvalue weighted by Gasteiger charge is 2.25. The Labute approximate surface area is 102 Å². The highest BCUT2D eigenvalue weighted by molar-refractivity contribution is 6.21. The SMILES string of the molecule is Cc1ccc(C(Cl)C2COCCO2)c(C)c1. The van der Waals surface area contributed by atoms with E-state index in [2.05, 4.69) is 32.0 Å². The zero-order valence-corrected chi connectivity index (χ0v) is 10.5. The minimum atomic E-state index is -0.124. The molecule has 2 nitrogen and oxygen atoms in total. The van der Waals surface area contributed by atoms with Gasteiger partial charge in [-0.2, -0.15) is 0 Å². The highest BCUT2D eigenvalue weighted by Crippen LogP contribution is 2.30. The Bertz CT molecular complexity index is 359. The molecule has 0 radical (unpaired) electrons. The first-order valence-corrected chi connectivity index (χ1v) is 6.02. The van der Waals surface area contributed by atoms with Crippen molar-refractivity contribution < 1.29 is 9.47 Å². The van der Waals surface area contributed by atoms with Crippen molar-refractivity contribution in [1.82, 2.24) is 0 Å². The average Bonchev–Trinajstić information content (AvgIpc) is 2.29. The Morgan fingerprint density at radius 2 is 2.12 bits per heavy atom. The van der Waals surface area contributed by atoms with E-state index in [1.54, 1.807) is 0 Å². The average molecular weight is 241 g/mol. The molecule has 0 aromatic heterocycles. The maximum absolute atomic E-state index is 6.44. The fourth-order valence-corrected chi connectivity index (χ4v) is 2.40. The number of hydrogen-bond acceptors (Lipinski definition) is 2. The Hall–Kier alpha value is -0.570. The molecule has 1 fully saturated rings. The van der Waals surface area contributed by atoms with Crippen LogP contribution in [0.4, 0.5) is 0 Å². The Morgan fingerprint density at radius 1 is 1.31 bits per heavy atom. The van der Waals surface area contributed by atoms with Crippen molar-refractivity contribution >= 4 is 11.6 Å². The van der Waals surface area contributed by atoms with Gasteiger partial charge in [-0.1, -0.05) is 23.8 Å². The molecule has 0 saturated carbocycles. The van der Waals surface area contributed by atoms with Crippen molar-refractivity contribution in [1.29, 1.82) is 0 Å². The van der Waals surface area contributed by atoms with E-state index in [0.29, 0.717) is 19.8 Å². The maximum Gasteiger partial charge on any atom is 0.101 e. The molecule has 1 heterocycles. The van der Waals surface area contributed by atoms with Crippen LogP contribution in [0, 0.1) is 13.8 Å². The van der Waals surface area contributed by atoms with Crippen molar-refractivity contribution in [3.8, 4) is 0 Å². The number of halogens is 1. The van der Waals surface area contributed by atoms with E-state index >= 15 is 0 Å². The summed E-state index contributed by atoms with van der Waals surface area (Å²) in [6.07, 6.45) is -0.0307. The molecule has 0 amide bonds. The van der Waals surface area contributed by atoms with Gasteiger partial charge in [0.2, 0.25) is 0 Å². The minimum absolute atomic E-state index is 0.0307. The van der Waals surface area contributed by atoms with Gasteiger partial charge in [-0.05, 0) is 25.0 Å². The zero-order chi connectivity index (χ0) is 11.5. The first kappa shape index (κ1) is 11.9. The summed E-state index contributed by atoms with van der Waals surface area (Å²) in [7, 11) is 0. The molecule has 0 spiro atoms. The molecule has 88 valence electrons. The molecule has 0 N–H and O–H groups in total. The smallest absolute Gasteiger partial charge is 0.101 e. The monoisotopic (exact) mass is 240 g/mol. The molecule has 3 heteroatoms. The molecule has 2 rings (SSSR count). The Balaban J connectivity index is 2.15. The molecule has 1 aliphatic rings. The van der Waals surface area contributed by atoms with Gasteiger partial charge in [-0.25, -0.2) is 0 Å². The van der Waals surface area contributed by atoms with Crippen molar-refractivity contribution in [2.45, 2.75) is 25.3 Å². The standard InChI is InChI=1S/C13H17ClO2/c1-9-3-4-11(10(2)7-9)13(14)12-8-15-5-6-16-12/h3-4,7,12-13H,5-6,8H2,1-2H3. The lowest BCUT2D eigenvalue weighted by Crippen LogP contribution is -2.32. The van der Waals surface area contributed by atoms with Gasteiger partial charge in [0, 0.05) is 0 Å². The van der Waals surface area contributed by atoms with E-state index in [1.807, 2.05) is 0 Å². The number of hydrogen-bond donors (Lipinski definition) is 0. The molecule has 0 bridgehead atoms. The van der Waals surface area contributed by atoms with Crippen molar-refractivity contribution in [3.63, 3.8) is 0 Å². The van der Waals surface area contributed by atoms with E-state index < -0.39 is 0 Å². The van der Waals surface area contributed by atoms with E-state index in [9.17, 15) is 0 Å². The maximum atomic E-state index is 6.44. The van der Waals surface area contributed by atoms with Crippen LogP contribution < -0.4 is 0 Å². The van der Waals surface area contributed by atoms with Gasteiger partial charge in [0.25, 0.3) is 0 Å². The van der Waals surface area contributed by atoms with Gasteiger partial charge in [0.05, 0.1) is 25.2 Å². The molecule has 1 saturated heterocycles. The normalized spacial score (nSPS) is 23.1. The zero-order valence-electron chi connectivity index (χ0n) is 9.70.